The molecule has 0 heterocycles. The molecule has 102 valence electrons. The van der Waals surface area contributed by atoms with E-state index in [4.69, 9.17) is 4.74 Å². The monoisotopic (exact) mass is 331 g/mol. The Balaban J connectivity index is 2.36. The van der Waals surface area contributed by atoms with Crippen LogP contribution in [0.2, 0.25) is 0 Å². The molecule has 0 spiro atoms. The van der Waals surface area contributed by atoms with Crippen molar-refractivity contribution in [2.24, 2.45) is 0 Å². The predicted octanol–water partition coefficient (Wildman–Crippen LogP) is 3.95. The van der Waals surface area contributed by atoms with Gasteiger partial charge in [0.25, 0.3) is 0 Å². The standard InChI is InChI=1S/C14H22BrNOS/c1-3-16-13(7-5-9-17-2)11-18-14-8-4-6-12(15)10-14/h4,6,8,10,13,16H,3,5,7,9,11H2,1-2H3. The first-order valence-corrected chi connectivity index (χ1v) is 8.14. The number of nitrogens with one attached hydrogen (secondary N) is 1. The number of ether oxygens (including phenoxy) is 1. The van der Waals surface area contributed by atoms with Crippen LogP contribution >= 0.6 is 27.7 Å². The molecule has 0 aliphatic carbocycles. The third kappa shape index (κ3) is 6.78. The highest BCUT2D eigenvalue weighted by atomic mass is 79.9. The number of rotatable bonds is 9. The zero-order valence-electron chi connectivity index (χ0n) is 11.1. The lowest BCUT2D eigenvalue weighted by atomic mass is 10.2. The number of methoxy groups -OCH3 is 1. The SMILES string of the molecule is CCNC(CCCOC)CSc1cccc(Br)c1. The summed E-state index contributed by atoms with van der Waals surface area (Å²) in [6, 6.07) is 9.04. The van der Waals surface area contributed by atoms with E-state index in [1.165, 1.54) is 11.3 Å². The van der Waals surface area contributed by atoms with E-state index >= 15 is 0 Å². The van der Waals surface area contributed by atoms with Crippen molar-refractivity contribution >= 4 is 27.7 Å². The van der Waals surface area contributed by atoms with Gasteiger partial charge >= 0.3 is 0 Å². The lowest BCUT2D eigenvalue weighted by Crippen LogP contribution is -2.31. The van der Waals surface area contributed by atoms with E-state index in [9.17, 15) is 0 Å². The lowest BCUT2D eigenvalue weighted by molar-refractivity contribution is 0.190. The molecule has 0 saturated heterocycles. The smallest absolute Gasteiger partial charge is 0.0462 e. The summed E-state index contributed by atoms with van der Waals surface area (Å²) in [5, 5.41) is 3.54. The van der Waals surface area contributed by atoms with Crippen LogP contribution in [0.15, 0.2) is 33.6 Å². The van der Waals surface area contributed by atoms with Crippen molar-refractivity contribution in [2.75, 3.05) is 26.0 Å². The molecule has 0 aliphatic rings. The minimum atomic E-state index is 0.564. The first-order chi connectivity index (χ1) is 8.76. The third-order valence-corrected chi connectivity index (χ3v) is 4.29. The van der Waals surface area contributed by atoms with E-state index in [0.717, 1.165) is 29.8 Å². The van der Waals surface area contributed by atoms with Gasteiger partial charge < -0.3 is 10.1 Å². The summed E-state index contributed by atoms with van der Waals surface area (Å²) < 4.78 is 6.25. The number of halogens is 1. The van der Waals surface area contributed by atoms with Crippen LogP contribution in [-0.2, 0) is 4.74 Å². The van der Waals surface area contributed by atoms with Crippen LogP contribution in [0.1, 0.15) is 19.8 Å². The minimum Gasteiger partial charge on any atom is -0.385 e. The number of hydrogen-bond acceptors (Lipinski definition) is 3. The summed E-state index contributed by atoms with van der Waals surface area (Å²) in [5.41, 5.74) is 0. The molecule has 0 radical (unpaired) electrons. The third-order valence-electron chi connectivity index (χ3n) is 2.64. The summed E-state index contributed by atoms with van der Waals surface area (Å²) >= 11 is 5.41. The van der Waals surface area contributed by atoms with Crippen molar-refractivity contribution in [3.05, 3.63) is 28.7 Å². The van der Waals surface area contributed by atoms with Crippen LogP contribution in [0, 0.1) is 0 Å². The fourth-order valence-electron chi connectivity index (χ4n) is 1.76. The molecular formula is C14H22BrNOS. The Hall–Kier alpha value is -0.0300. The summed E-state index contributed by atoms with van der Waals surface area (Å²) in [6.45, 7) is 4.03. The summed E-state index contributed by atoms with van der Waals surface area (Å²) in [4.78, 5) is 1.32. The van der Waals surface area contributed by atoms with E-state index in [1.807, 2.05) is 11.8 Å². The van der Waals surface area contributed by atoms with Gasteiger partial charge in [-0.2, -0.15) is 0 Å². The highest BCUT2D eigenvalue weighted by molar-refractivity contribution is 9.10. The van der Waals surface area contributed by atoms with Gasteiger partial charge in [-0.1, -0.05) is 28.9 Å². The van der Waals surface area contributed by atoms with Crippen LogP contribution in [0.4, 0.5) is 0 Å². The first kappa shape index (κ1) is 16.0. The molecule has 0 fully saturated rings. The largest absolute Gasteiger partial charge is 0.385 e. The molecule has 1 aromatic carbocycles. The minimum absolute atomic E-state index is 0.564. The van der Waals surface area contributed by atoms with E-state index < -0.39 is 0 Å². The Bertz CT molecular complexity index is 335. The molecule has 1 rings (SSSR count). The van der Waals surface area contributed by atoms with E-state index in [0.29, 0.717) is 6.04 Å². The van der Waals surface area contributed by atoms with Gasteiger partial charge in [0.2, 0.25) is 0 Å². The zero-order valence-corrected chi connectivity index (χ0v) is 13.5. The highest BCUT2D eigenvalue weighted by Crippen LogP contribution is 2.23. The predicted molar refractivity (Wildman–Crippen MR) is 83.4 cm³/mol. The molecular weight excluding hydrogens is 310 g/mol. The Morgan fingerprint density at radius 3 is 2.94 bits per heavy atom. The summed E-state index contributed by atoms with van der Waals surface area (Å²) in [6.07, 6.45) is 2.29. The fraction of sp³-hybridized carbons (Fsp3) is 0.571. The Morgan fingerprint density at radius 2 is 2.28 bits per heavy atom. The topological polar surface area (TPSA) is 21.3 Å². The van der Waals surface area contributed by atoms with Gasteiger partial charge in [0, 0.05) is 34.9 Å². The molecule has 4 heteroatoms. The van der Waals surface area contributed by atoms with Gasteiger partial charge in [0.1, 0.15) is 0 Å². The van der Waals surface area contributed by atoms with Gasteiger partial charge in [-0.25, -0.2) is 0 Å². The molecule has 1 unspecified atom stereocenters. The maximum Gasteiger partial charge on any atom is 0.0462 e. The van der Waals surface area contributed by atoms with Gasteiger partial charge in [-0.05, 0) is 37.6 Å². The van der Waals surface area contributed by atoms with Crippen molar-refractivity contribution in [1.29, 1.82) is 0 Å². The number of hydrogen-bond donors (Lipinski definition) is 1. The van der Waals surface area contributed by atoms with Crippen molar-refractivity contribution in [3.8, 4) is 0 Å². The van der Waals surface area contributed by atoms with Gasteiger partial charge in [-0.3, -0.25) is 0 Å². The Kier molecular flexibility index (Phi) is 8.76. The normalized spacial score (nSPS) is 12.6. The molecule has 0 aliphatic heterocycles. The molecule has 18 heavy (non-hydrogen) atoms. The number of thioether (sulfide) groups is 1. The second-order valence-corrected chi connectivity index (χ2v) is 6.17. The van der Waals surface area contributed by atoms with Crippen LogP contribution in [-0.4, -0.2) is 32.1 Å². The molecule has 0 amide bonds. The molecule has 2 nitrogen and oxygen atoms in total. The van der Waals surface area contributed by atoms with Crippen LogP contribution < -0.4 is 5.32 Å². The average Bonchev–Trinajstić information content (AvgIpc) is 2.36. The summed E-state index contributed by atoms with van der Waals surface area (Å²) in [7, 11) is 1.76. The maximum absolute atomic E-state index is 5.11. The molecule has 1 atom stereocenters. The van der Waals surface area contributed by atoms with Crippen LogP contribution in [0.3, 0.4) is 0 Å². The van der Waals surface area contributed by atoms with Gasteiger partial charge in [0.05, 0.1) is 0 Å². The van der Waals surface area contributed by atoms with E-state index in [2.05, 4.69) is 52.4 Å². The highest BCUT2D eigenvalue weighted by Gasteiger charge is 2.07. The molecule has 1 N–H and O–H groups in total. The molecule has 0 saturated carbocycles. The second-order valence-electron chi connectivity index (χ2n) is 4.16. The summed E-state index contributed by atoms with van der Waals surface area (Å²) in [5.74, 6) is 1.11. The maximum atomic E-state index is 5.11. The average molecular weight is 332 g/mol. The second kappa shape index (κ2) is 9.84. The van der Waals surface area contributed by atoms with Gasteiger partial charge in [0.15, 0.2) is 0 Å². The van der Waals surface area contributed by atoms with Crippen molar-refractivity contribution in [2.45, 2.75) is 30.7 Å². The van der Waals surface area contributed by atoms with E-state index in [1.54, 1.807) is 7.11 Å². The van der Waals surface area contributed by atoms with Crippen molar-refractivity contribution in [1.82, 2.24) is 5.32 Å². The Morgan fingerprint density at radius 1 is 1.44 bits per heavy atom. The fourth-order valence-corrected chi connectivity index (χ4v) is 3.37. The van der Waals surface area contributed by atoms with Crippen LogP contribution in [0.25, 0.3) is 0 Å². The molecule has 0 aromatic heterocycles. The van der Waals surface area contributed by atoms with Crippen LogP contribution in [0.5, 0.6) is 0 Å². The molecule has 0 bridgehead atoms. The molecule has 1 aromatic rings. The lowest BCUT2D eigenvalue weighted by Gasteiger charge is -2.17. The first-order valence-electron chi connectivity index (χ1n) is 6.37. The quantitative estimate of drug-likeness (QED) is 0.547. The Labute approximate surface area is 123 Å². The van der Waals surface area contributed by atoms with Crippen molar-refractivity contribution < 1.29 is 4.74 Å². The van der Waals surface area contributed by atoms with E-state index in [-0.39, 0.29) is 0 Å². The number of benzene rings is 1. The van der Waals surface area contributed by atoms with Crippen molar-refractivity contribution in [3.63, 3.8) is 0 Å². The zero-order chi connectivity index (χ0) is 13.2. The van der Waals surface area contributed by atoms with Gasteiger partial charge in [-0.15, -0.1) is 11.8 Å².